The fourth-order valence-electron chi connectivity index (χ4n) is 3.78. The van der Waals surface area contributed by atoms with E-state index in [1.165, 1.54) is 0 Å². The van der Waals surface area contributed by atoms with E-state index in [1.54, 1.807) is 24.0 Å². The van der Waals surface area contributed by atoms with Crippen LogP contribution < -0.4 is 15.0 Å². The van der Waals surface area contributed by atoms with Crippen molar-refractivity contribution in [1.82, 2.24) is 34.6 Å². The Balaban J connectivity index is 1.43. The zero-order valence-electron chi connectivity index (χ0n) is 16.6. The summed E-state index contributed by atoms with van der Waals surface area (Å²) >= 11 is 0. The first kappa shape index (κ1) is 18.0. The first-order valence-corrected chi connectivity index (χ1v) is 9.45. The molecule has 30 heavy (non-hydrogen) atoms. The lowest BCUT2D eigenvalue weighted by atomic mass is 9.86. The summed E-state index contributed by atoms with van der Waals surface area (Å²) < 4.78 is 8.83. The molecule has 152 valence electrons. The highest BCUT2D eigenvalue weighted by molar-refractivity contribution is 5.72. The Morgan fingerprint density at radius 1 is 1.37 bits per heavy atom. The number of aromatic nitrogens is 7. The van der Waals surface area contributed by atoms with Gasteiger partial charge in [0.25, 0.3) is 0 Å². The molecule has 2 N–H and O–H groups in total. The topological polar surface area (TPSA) is 125 Å². The first-order valence-electron chi connectivity index (χ1n) is 9.45. The van der Waals surface area contributed by atoms with Gasteiger partial charge in [-0.05, 0) is 19.1 Å². The highest BCUT2D eigenvalue weighted by Gasteiger charge is 2.46. The van der Waals surface area contributed by atoms with Crippen LogP contribution in [0.15, 0.2) is 36.9 Å². The summed E-state index contributed by atoms with van der Waals surface area (Å²) in [7, 11) is 1.61. The summed E-state index contributed by atoms with van der Waals surface area (Å²) in [6.45, 7) is 3.21. The zero-order valence-corrected chi connectivity index (χ0v) is 16.6. The van der Waals surface area contributed by atoms with Crippen molar-refractivity contribution in [2.24, 2.45) is 0 Å². The Kier molecular flexibility index (Phi) is 4.06. The van der Waals surface area contributed by atoms with Crippen molar-refractivity contribution in [3.05, 3.63) is 42.6 Å². The molecule has 4 aromatic heterocycles. The summed E-state index contributed by atoms with van der Waals surface area (Å²) in [6.07, 6.45) is 7.42. The van der Waals surface area contributed by atoms with Crippen LogP contribution in [0, 0.1) is 18.3 Å². The van der Waals surface area contributed by atoms with E-state index in [4.69, 9.17) is 4.74 Å². The maximum Gasteiger partial charge on any atom is 0.247 e. The third-order valence-corrected chi connectivity index (χ3v) is 5.42. The van der Waals surface area contributed by atoms with Gasteiger partial charge in [0.15, 0.2) is 11.4 Å². The number of hydrogen-bond donors (Lipinski definition) is 2. The number of fused-ring (bicyclic) bond motifs is 1. The second-order valence-corrected chi connectivity index (χ2v) is 7.37. The van der Waals surface area contributed by atoms with Crippen molar-refractivity contribution >= 4 is 23.0 Å². The molecule has 0 spiro atoms. The summed E-state index contributed by atoms with van der Waals surface area (Å²) in [4.78, 5) is 6.85. The number of H-pyrrole nitrogens is 1. The monoisotopic (exact) mass is 404 g/mol. The number of ether oxygens (including phenoxy) is 1. The van der Waals surface area contributed by atoms with Crippen molar-refractivity contribution in [1.29, 1.82) is 5.26 Å². The number of anilines is 3. The van der Waals surface area contributed by atoms with Gasteiger partial charge in [-0.1, -0.05) is 0 Å². The minimum absolute atomic E-state index is 0.358. The minimum atomic E-state index is -0.395. The SMILES string of the molecule is COc1cnn(C2(CC#N)CN(c3cccn4nc(Nc5cn[nH]c5C)nc34)C2)c1. The van der Waals surface area contributed by atoms with Crippen LogP contribution in [-0.4, -0.2) is 54.8 Å². The maximum absolute atomic E-state index is 9.39. The molecule has 0 saturated carbocycles. The largest absolute Gasteiger partial charge is 0.493 e. The van der Waals surface area contributed by atoms with Gasteiger partial charge < -0.3 is 15.0 Å². The molecule has 4 aromatic rings. The van der Waals surface area contributed by atoms with E-state index < -0.39 is 5.54 Å². The van der Waals surface area contributed by atoms with Crippen LogP contribution >= 0.6 is 0 Å². The van der Waals surface area contributed by atoms with Crippen LogP contribution in [-0.2, 0) is 5.54 Å². The first-order chi connectivity index (χ1) is 14.6. The Morgan fingerprint density at radius 3 is 2.93 bits per heavy atom. The highest BCUT2D eigenvalue weighted by Crippen LogP contribution is 2.38. The summed E-state index contributed by atoms with van der Waals surface area (Å²) in [6, 6.07) is 6.25. The number of pyridine rings is 1. The van der Waals surface area contributed by atoms with Gasteiger partial charge in [0.1, 0.15) is 5.54 Å². The number of nitrogens with one attached hydrogen (secondary N) is 2. The molecular formula is C19H20N10O. The lowest BCUT2D eigenvalue weighted by molar-refractivity contribution is 0.198. The predicted octanol–water partition coefficient (Wildman–Crippen LogP) is 1.84. The smallest absolute Gasteiger partial charge is 0.247 e. The predicted molar refractivity (Wildman–Crippen MR) is 109 cm³/mol. The minimum Gasteiger partial charge on any atom is -0.493 e. The zero-order chi connectivity index (χ0) is 20.7. The van der Waals surface area contributed by atoms with Gasteiger partial charge in [0.2, 0.25) is 5.95 Å². The summed E-state index contributed by atoms with van der Waals surface area (Å²) in [5, 5.41) is 28.4. The van der Waals surface area contributed by atoms with Gasteiger partial charge in [0, 0.05) is 19.3 Å². The molecule has 1 saturated heterocycles. The van der Waals surface area contributed by atoms with Crippen LogP contribution in [0.1, 0.15) is 12.1 Å². The molecule has 0 aromatic carbocycles. The van der Waals surface area contributed by atoms with Gasteiger partial charge in [-0.25, -0.2) is 4.52 Å². The molecule has 0 atom stereocenters. The summed E-state index contributed by atoms with van der Waals surface area (Å²) in [5.74, 6) is 1.17. The van der Waals surface area contributed by atoms with Crippen LogP contribution in [0.5, 0.6) is 5.75 Å². The third kappa shape index (κ3) is 2.81. The summed E-state index contributed by atoms with van der Waals surface area (Å²) in [5.41, 5.74) is 3.04. The number of nitrogens with zero attached hydrogens (tertiary/aromatic N) is 8. The fraction of sp³-hybridized carbons (Fsp3) is 0.316. The second-order valence-electron chi connectivity index (χ2n) is 7.37. The molecule has 1 aliphatic heterocycles. The molecule has 1 aliphatic rings. The lowest BCUT2D eigenvalue weighted by Gasteiger charge is -2.50. The van der Waals surface area contributed by atoms with Gasteiger partial charge >= 0.3 is 0 Å². The molecular weight excluding hydrogens is 384 g/mol. The number of aromatic amines is 1. The van der Waals surface area contributed by atoms with Crippen molar-refractivity contribution in [3.63, 3.8) is 0 Å². The quantitative estimate of drug-likeness (QED) is 0.499. The molecule has 11 heteroatoms. The Labute approximate surface area is 171 Å². The second kappa shape index (κ2) is 6.77. The van der Waals surface area contributed by atoms with E-state index in [0.29, 0.717) is 31.2 Å². The van der Waals surface area contributed by atoms with E-state index in [9.17, 15) is 5.26 Å². The van der Waals surface area contributed by atoms with Crippen LogP contribution in [0.25, 0.3) is 5.65 Å². The van der Waals surface area contributed by atoms with Gasteiger partial charge in [-0.2, -0.15) is 20.4 Å². The maximum atomic E-state index is 9.39. The standard InChI is InChI=1S/C19H20N10O/c1-13-15(9-21-25-13)23-18-24-17-16(4-3-7-28(17)26-18)27-11-19(12-27,5-6-20)29-10-14(30-2)8-22-29/h3-4,7-10H,5,11-12H2,1-2H3,(H,21,25)(H,23,26). The van der Waals surface area contributed by atoms with E-state index in [-0.39, 0.29) is 0 Å². The molecule has 11 nitrogen and oxygen atoms in total. The van der Waals surface area contributed by atoms with Crippen molar-refractivity contribution in [2.75, 3.05) is 30.4 Å². The van der Waals surface area contributed by atoms with Gasteiger partial charge in [0.05, 0.1) is 55.3 Å². The van der Waals surface area contributed by atoms with Crippen LogP contribution in [0.4, 0.5) is 17.3 Å². The molecule has 0 amide bonds. The third-order valence-electron chi connectivity index (χ3n) is 5.42. The number of methoxy groups -OCH3 is 1. The average Bonchev–Trinajstić information content (AvgIpc) is 3.44. The Hall–Kier alpha value is -4.07. The Morgan fingerprint density at radius 2 is 2.23 bits per heavy atom. The number of nitriles is 1. The molecule has 0 bridgehead atoms. The highest BCUT2D eigenvalue weighted by atomic mass is 16.5. The molecule has 5 heterocycles. The molecule has 0 radical (unpaired) electrons. The molecule has 0 aliphatic carbocycles. The normalized spacial score (nSPS) is 15.0. The molecule has 5 rings (SSSR count). The molecule has 0 unspecified atom stereocenters. The van der Waals surface area contributed by atoms with Crippen LogP contribution in [0.3, 0.4) is 0 Å². The van der Waals surface area contributed by atoms with Crippen molar-refractivity contribution in [3.8, 4) is 11.8 Å². The van der Waals surface area contributed by atoms with E-state index >= 15 is 0 Å². The number of hydrogen-bond acceptors (Lipinski definition) is 8. The van der Waals surface area contributed by atoms with E-state index in [0.717, 1.165) is 22.7 Å². The van der Waals surface area contributed by atoms with E-state index in [2.05, 4.69) is 41.7 Å². The molecule has 1 fully saturated rings. The Bertz CT molecular complexity index is 1240. The number of rotatable bonds is 6. The number of aryl methyl sites for hydroxylation is 1. The van der Waals surface area contributed by atoms with Crippen molar-refractivity contribution < 1.29 is 4.74 Å². The van der Waals surface area contributed by atoms with E-state index in [1.807, 2.05) is 36.1 Å². The van der Waals surface area contributed by atoms with Crippen molar-refractivity contribution in [2.45, 2.75) is 18.9 Å². The lowest BCUT2D eigenvalue weighted by Crippen LogP contribution is -2.63. The van der Waals surface area contributed by atoms with Crippen LogP contribution in [0.2, 0.25) is 0 Å². The average molecular weight is 404 g/mol. The van der Waals surface area contributed by atoms with Gasteiger partial charge in [-0.3, -0.25) is 9.78 Å². The van der Waals surface area contributed by atoms with Gasteiger partial charge in [-0.15, -0.1) is 5.10 Å². The fourth-order valence-corrected chi connectivity index (χ4v) is 3.78.